The van der Waals surface area contributed by atoms with E-state index in [9.17, 15) is 4.79 Å². The topological polar surface area (TPSA) is 108 Å². The average Bonchev–Trinajstić information content (AvgIpc) is 2.92. The van der Waals surface area contributed by atoms with E-state index in [4.69, 9.17) is 10.5 Å². The number of ether oxygens (including phenoxy) is 1. The minimum absolute atomic E-state index is 0.0287. The Labute approximate surface area is 221 Å². The number of nitrogen functional groups attached to an aromatic ring is 1. The quantitative estimate of drug-likeness (QED) is 0.314. The van der Waals surface area contributed by atoms with E-state index in [0.29, 0.717) is 37.1 Å². The third kappa shape index (κ3) is 5.34. The van der Waals surface area contributed by atoms with Gasteiger partial charge in [0.15, 0.2) is 0 Å². The van der Waals surface area contributed by atoms with Gasteiger partial charge in [0.2, 0.25) is 5.88 Å². The Kier molecular flexibility index (Phi) is 7.04. The van der Waals surface area contributed by atoms with Gasteiger partial charge in [0.25, 0.3) is 5.56 Å². The Balaban J connectivity index is 1.21. The van der Waals surface area contributed by atoms with Crippen molar-refractivity contribution in [1.29, 1.82) is 0 Å². The highest BCUT2D eigenvalue weighted by Gasteiger charge is 2.11. The molecule has 5 aromatic rings. The van der Waals surface area contributed by atoms with Gasteiger partial charge in [-0.15, -0.1) is 0 Å². The van der Waals surface area contributed by atoms with Crippen molar-refractivity contribution < 1.29 is 4.74 Å². The van der Waals surface area contributed by atoms with E-state index in [1.54, 1.807) is 30.1 Å². The van der Waals surface area contributed by atoms with Crippen molar-refractivity contribution in [1.82, 2.24) is 19.5 Å². The number of anilines is 2. The SMILES string of the molecule is Cc1cc2c(N)nccc2c(C)c1CNc1cc(OCc2ccc(Cc3cccn(C)c3=O)cc2)ncn1. The highest BCUT2D eigenvalue weighted by atomic mass is 16.5. The zero-order chi connectivity index (χ0) is 26.6. The van der Waals surface area contributed by atoms with Crippen molar-refractivity contribution in [2.75, 3.05) is 11.1 Å². The minimum atomic E-state index is 0.0287. The molecular weight excluding hydrogens is 476 g/mol. The smallest absolute Gasteiger partial charge is 0.253 e. The lowest BCUT2D eigenvalue weighted by molar-refractivity contribution is 0.293. The fourth-order valence-corrected chi connectivity index (χ4v) is 4.61. The summed E-state index contributed by atoms with van der Waals surface area (Å²) in [6.45, 7) is 5.17. The molecule has 8 nitrogen and oxygen atoms in total. The van der Waals surface area contributed by atoms with Crippen LogP contribution in [0.25, 0.3) is 10.8 Å². The summed E-state index contributed by atoms with van der Waals surface area (Å²) < 4.78 is 7.53. The molecule has 0 amide bonds. The Hall–Kier alpha value is -4.72. The van der Waals surface area contributed by atoms with Crippen LogP contribution in [0.4, 0.5) is 11.6 Å². The number of aryl methyl sites for hydroxylation is 3. The molecule has 0 aliphatic carbocycles. The first-order valence-electron chi connectivity index (χ1n) is 12.4. The fourth-order valence-electron chi connectivity index (χ4n) is 4.61. The average molecular weight is 507 g/mol. The summed E-state index contributed by atoms with van der Waals surface area (Å²) in [4.78, 5) is 25.1. The summed E-state index contributed by atoms with van der Waals surface area (Å²) in [6.07, 6.45) is 5.59. The molecule has 2 aromatic carbocycles. The second kappa shape index (κ2) is 10.7. The number of aromatic nitrogens is 4. The molecule has 3 aromatic heterocycles. The number of fused-ring (bicyclic) bond motifs is 1. The van der Waals surface area contributed by atoms with E-state index in [1.165, 1.54) is 17.5 Å². The first-order chi connectivity index (χ1) is 18.4. The van der Waals surface area contributed by atoms with Crippen LogP contribution in [0.5, 0.6) is 5.88 Å². The van der Waals surface area contributed by atoms with E-state index in [-0.39, 0.29) is 5.56 Å². The van der Waals surface area contributed by atoms with Crippen molar-refractivity contribution >= 4 is 22.4 Å². The number of hydrogen-bond donors (Lipinski definition) is 2. The number of nitrogens with one attached hydrogen (secondary N) is 1. The number of rotatable bonds is 8. The van der Waals surface area contributed by atoms with Crippen LogP contribution < -0.4 is 21.3 Å². The molecule has 5 rings (SSSR count). The summed E-state index contributed by atoms with van der Waals surface area (Å²) in [5, 5.41) is 5.47. The molecule has 0 aliphatic heterocycles. The maximum atomic E-state index is 12.3. The predicted octanol–water partition coefficient (Wildman–Crippen LogP) is 4.70. The molecule has 3 N–H and O–H groups in total. The predicted molar refractivity (Wildman–Crippen MR) is 150 cm³/mol. The van der Waals surface area contributed by atoms with Crippen molar-refractivity contribution in [3.05, 3.63) is 117 Å². The Bertz CT molecular complexity index is 1660. The van der Waals surface area contributed by atoms with Gasteiger partial charge < -0.3 is 20.4 Å². The van der Waals surface area contributed by atoms with Crippen LogP contribution in [0.2, 0.25) is 0 Å². The lowest BCUT2D eigenvalue weighted by Crippen LogP contribution is -2.20. The fraction of sp³-hybridized carbons (Fsp3) is 0.200. The summed E-state index contributed by atoms with van der Waals surface area (Å²) in [5.41, 5.74) is 12.5. The molecule has 0 saturated carbocycles. The van der Waals surface area contributed by atoms with Crippen molar-refractivity contribution in [3.63, 3.8) is 0 Å². The lowest BCUT2D eigenvalue weighted by Gasteiger charge is -2.15. The van der Waals surface area contributed by atoms with Crippen LogP contribution in [0, 0.1) is 13.8 Å². The molecule has 38 heavy (non-hydrogen) atoms. The lowest BCUT2D eigenvalue weighted by atomic mass is 9.96. The molecule has 0 fully saturated rings. The van der Waals surface area contributed by atoms with Crippen LogP contribution in [0.3, 0.4) is 0 Å². The minimum Gasteiger partial charge on any atom is -0.473 e. The standard InChI is InChI=1S/C30H30N6O2/c1-19-13-25-24(10-11-32-29(25)31)20(2)26(19)16-33-27-15-28(35-18-34-27)38-17-22-8-6-21(7-9-22)14-23-5-4-12-36(3)30(23)37/h4-13,15,18H,14,16-17H2,1-3H3,(H2,31,32)(H,33,34,35). The molecule has 0 radical (unpaired) electrons. The van der Waals surface area contributed by atoms with Gasteiger partial charge in [0.05, 0.1) is 0 Å². The molecule has 0 aliphatic rings. The third-order valence-corrected chi connectivity index (χ3v) is 6.81. The Morgan fingerprint density at radius 3 is 2.58 bits per heavy atom. The number of benzene rings is 2. The van der Waals surface area contributed by atoms with Gasteiger partial charge in [-0.25, -0.2) is 15.0 Å². The molecule has 0 bridgehead atoms. The van der Waals surface area contributed by atoms with Crippen molar-refractivity contribution in [3.8, 4) is 5.88 Å². The normalized spacial score (nSPS) is 11.0. The largest absolute Gasteiger partial charge is 0.473 e. The number of nitrogens with two attached hydrogens (primary N) is 1. The number of nitrogens with zero attached hydrogens (tertiary/aromatic N) is 4. The molecule has 0 saturated heterocycles. The first-order valence-corrected chi connectivity index (χ1v) is 12.4. The highest BCUT2D eigenvalue weighted by Crippen LogP contribution is 2.28. The molecule has 3 heterocycles. The summed E-state index contributed by atoms with van der Waals surface area (Å²) in [6, 6.07) is 17.7. The Morgan fingerprint density at radius 1 is 0.974 bits per heavy atom. The molecule has 192 valence electrons. The van der Waals surface area contributed by atoms with E-state index in [2.05, 4.69) is 40.2 Å². The van der Waals surface area contributed by atoms with Crippen LogP contribution in [-0.2, 0) is 26.6 Å². The zero-order valence-corrected chi connectivity index (χ0v) is 21.7. The van der Waals surface area contributed by atoms with Gasteiger partial charge in [0.1, 0.15) is 24.6 Å². The van der Waals surface area contributed by atoms with Crippen LogP contribution >= 0.6 is 0 Å². The van der Waals surface area contributed by atoms with Crippen molar-refractivity contribution in [2.45, 2.75) is 33.4 Å². The molecule has 8 heteroatoms. The molecule has 0 atom stereocenters. The Morgan fingerprint density at radius 2 is 1.76 bits per heavy atom. The second-order valence-electron chi connectivity index (χ2n) is 9.41. The zero-order valence-electron chi connectivity index (χ0n) is 21.7. The monoisotopic (exact) mass is 506 g/mol. The summed E-state index contributed by atoms with van der Waals surface area (Å²) >= 11 is 0. The second-order valence-corrected chi connectivity index (χ2v) is 9.41. The van der Waals surface area contributed by atoms with Crippen LogP contribution in [0.1, 0.15) is 33.4 Å². The van der Waals surface area contributed by atoms with Gasteiger partial charge in [-0.3, -0.25) is 4.79 Å². The van der Waals surface area contributed by atoms with Crippen LogP contribution in [-0.4, -0.2) is 19.5 Å². The van der Waals surface area contributed by atoms with E-state index >= 15 is 0 Å². The van der Waals surface area contributed by atoms with Gasteiger partial charge in [-0.05, 0) is 65.3 Å². The number of pyridine rings is 2. The first kappa shape index (κ1) is 25.0. The van der Waals surface area contributed by atoms with Gasteiger partial charge in [-0.2, -0.15) is 0 Å². The third-order valence-electron chi connectivity index (χ3n) is 6.81. The van der Waals surface area contributed by atoms with E-state index in [0.717, 1.165) is 33.0 Å². The van der Waals surface area contributed by atoms with E-state index < -0.39 is 0 Å². The van der Waals surface area contributed by atoms with Crippen LogP contribution in [0.15, 0.2) is 78.1 Å². The highest BCUT2D eigenvalue weighted by molar-refractivity contribution is 5.94. The molecular formula is C30H30N6O2. The molecule has 0 spiro atoms. The maximum absolute atomic E-state index is 12.3. The van der Waals surface area contributed by atoms with Gasteiger partial charge in [-0.1, -0.05) is 30.3 Å². The summed E-state index contributed by atoms with van der Waals surface area (Å²) in [5.74, 6) is 1.72. The molecule has 0 unspecified atom stereocenters. The maximum Gasteiger partial charge on any atom is 0.253 e. The van der Waals surface area contributed by atoms with Gasteiger partial charge in [0, 0.05) is 49.4 Å². The number of hydrogen-bond acceptors (Lipinski definition) is 7. The van der Waals surface area contributed by atoms with Crippen molar-refractivity contribution in [2.24, 2.45) is 7.05 Å². The van der Waals surface area contributed by atoms with Gasteiger partial charge >= 0.3 is 0 Å². The van der Waals surface area contributed by atoms with E-state index in [1.807, 2.05) is 42.5 Å². The summed E-state index contributed by atoms with van der Waals surface area (Å²) in [7, 11) is 1.76.